The molecule has 2 aliphatic rings. The number of benzene rings is 1. The predicted octanol–water partition coefficient (Wildman–Crippen LogP) is 4.81. The van der Waals surface area contributed by atoms with Crippen LogP contribution in [0.2, 0.25) is 0 Å². The average molecular weight is 551 g/mol. The molecule has 2 saturated heterocycles. The lowest BCUT2D eigenvalue weighted by Crippen LogP contribution is -2.50. The Morgan fingerprint density at radius 3 is 1.54 bits per heavy atom. The van der Waals surface area contributed by atoms with Crippen LogP contribution >= 0.6 is 0 Å². The predicted molar refractivity (Wildman–Crippen MR) is 140 cm³/mol. The van der Waals surface area contributed by atoms with E-state index in [2.05, 4.69) is 6.92 Å². The van der Waals surface area contributed by atoms with Gasteiger partial charge in [0.25, 0.3) is 0 Å². The highest BCUT2D eigenvalue weighted by molar-refractivity contribution is 5.91. The molecule has 2 aliphatic heterocycles. The summed E-state index contributed by atoms with van der Waals surface area (Å²) in [6.07, 6.45) is 3.80. The van der Waals surface area contributed by atoms with Crippen LogP contribution in [-0.4, -0.2) is 62.5 Å². The Morgan fingerprint density at radius 2 is 1.13 bits per heavy atom. The average Bonchev–Trinajstić information content (AvgIpc) is 2.87. The van der Waals surface area contributed by atoms with Gasteiger partial charge in [-0.3, -0.25) is 9.59 Å². The molecule has 0 atom stereocenters. The van der Waals surface area contributed by atoms with Crippen molar-refractivity contribution in [1.29, 1.82) is 0 Å². The molecule has 0 spiro atoms. The first kappa shape index (κ1) is 31.0. The Morgan fingerprint density at radius 1 is 0.692 bits per heavy atom. The molecule has 2 heterocycles. The van der Waals surface area contributed by atoms with Crippen molar-refractivity contribution in [2.24, 2.45) is 10.8 Å². The van der Waals surface area contributed by atoms with Crippen LogP contribution in [-0.2, 0) is 33.3 Å². The van der Waals surface area contributed by atoms with Crippen molar-refractivity contribution in [2.75, 3.05) is 33.0 Å². The van der Waals surface area contributed by atoms with Gasteiger partial charge in [0, 0.05) is 6.07 Å². The second-order valence-corrected chi connectivity index (χ2v) is 11.7. The number of unbranched alkanes of at least 4 members (excludes halogenated alkanes) is 3. The maximum absolute atomic E-state index is 13.1. The van der Waals surface area contributed by atoms with Crippen molar-refractivity contribution in [2.45, 2.75) is 85.7 Å². The maximum atomic E-state index is 13.1. The summed E-state index contributed by atoms with van der Waals surface area (Å²) >= 11 is 0. The van der Waals surface area contributed by atoms with Crippen LogP contribution in [0.1, 0.15) is 84.5 Å². The summed E-state index contributed by atoms with van der Waals surface area (Å²) in [7, 11) is 0. The molecule has 39 heavy (non-hydrogen) atoms. The monoisotopic (exact) mass is 550 g/mol. The molecule has 10 nitrogen and oxygen atoms in total. The summed E-state index contributed by atoms with van der Waals surface area (Å²) in [6, 6.07) is 4.15. The number of rotatable bonds is 10. The first-order chi connectivity index (χ1) is 18.2. The molecule has 0 unspecified atom stereocenters. The van der Waals surface area contributed by atoms with Crippen molar-refractivity contribution in [3.63, 3.8) is 0 Å². The topological polar surface area (TPSA) is 116 Å². The van der Waals surface area contributed by atoms with Crippen LogP contribution in [0.4, 0.5) is 0 Å². The zero-order valence-corrected chi connectivity index (χ0v) is 24.2. The van der Waals surface area contributed by atoms with Gasteiger partial charge in [-0.2, -0.15) is 0 Å². The lowest BCUT2D eigenvalue weighted by Gasteiger charge is -2.39. The molecule has 0 bridgehead atoms. The fourth-order valence-electron chi connectivity index (χ4n) is 3.78. The molecule has 3 rings (SSSR count). The summed E-state index contributed by atoms with van der Waals surface area (Å²) in [4.78, 5) is 39.1. The van der Waals surface area contributed by atoms with E-state index in [0.29, 0.717) is 0 Å². The van der Waals surface area contributed by atoms with Gasteiger partial charge in [-0.15, -0.1) is 0 Å². The molecule has 0 aromatic heterocycles. The number of ether oxygens (including phenoxy) is 7. The zero-order valence-electron chi connectivity index (χ0n) is 24.2. The summed E-state index contributed by atoms with van der Waals surface area (Å²) in [5, 5.41) is 0. The van der Waals surface area contributed by atoms with Gasteiger partial charge in [-0.05, 0) is 60.1 Å². The second kappa shape index (κ2) is 12.3. The molecule has 0 saturated carbocycles. The van der Waals surface area contributed by atoms with Crippen molar-refractivity contribution in [3.05, 3.63) is 23.8 Å². The third-order valence-corrected chi connectivity index (χ3v) is 6.71. The molecule has 1 aromatic rings. The smallest absolute Gasteiger partial charge is 0.338 e. The SMILES string of the molecule is CCCCCCOC(=O)c1cc(OC(=O)C2(C)COC(C)(C)OC2)cc(OC(=O)C2(C)COC(C)(C)OC2)c1. The van der Waals surface area contributed by atoms with Gasteiger partial charge < -0.3 is 33.2 Å². The number of hydrogen-bond acceptors (Lipinski definition) is 10. The molecule has 10 heteroatoms. The van der Waals surface area contributed by atoms with Crippen LogP contribution in [0.15, 0.2) is 18.2 Å². The van der Waals surface area contributed by atoms with Crippen LogP contribution < -0.4 is 9.47 Å². The molecule has 218 valence electrons. The van der Waals surface area contributed by atoms with Gasteiger partial charge in [0.05, 0.1) is 38.6 Å². The second-order valence-electron chi connectivity index (χ2n) is 11.7. The summed E-state index contributed by atoms with van der Waals surface area (Å²) < 4.78 is 39.3. The van der Waals surface area contributed by atoms with Crippen LogP contribution in [0.5, 0.6) is 11.5 Å². The van der Waals surface area contributed by atoms with Crippen LogP contribution in [0.25, 0.3) is 0 Å². The molecule has 2 fully saturated rings. The lowest BCUT2D eigenvalue weighted by molar-refractivity contribution is -0.280. The number of esters is 3. The van der Waals surface area contributed by atoms with Crippen molar-refractivity contribution < 1.29 is 47.5 Å². The molecule has 0 N–H and O–H groups in total. The van der Waals surface area contributed by atoms with Gasteiger partial charge in [0.15, 0.2) is 11.6 Å². The highest BCUT2D eigenvalue weighted by Crippen LogP contribution is 2.34. The van der Waals surface area contributed by atoms with E-state index in [4.69, 9.17) is 33.2 Å². The maximum Gasteiger partial charge on any atom is 0.338 e. The van der Waals surface area contributed by atoms with Gasteiger partial charge in [-0.1, -0.05) is 26.2 Å². The summed E-state index contributed by atoms with van der Waals surface area (Å²) in [5.41, 5.74) is -2.05. The Labute approximate surface area is 230 Å². The number of carbonyl (C=O) groups excluding carboxylic acids is 3. The van der Waals surface area contributed by atoms with Crippen molar-refractivity contribution in [3.8, 4) is 11.5 Å². The Kier molecular flexibility index (Phi) is 9.80. The Bertz CT molecular complexity index is 958. The van der Waals surface area contributed by atoms with Crippen LogP contribution in [0.3, 0.4) is 0 Å². The van der Waals surface area contributed by atoms with Crippen LogP contribution in [0, 0.1) is 10.8 Å². The van der Waals surface area contributed by atoms with Gasteiger partial charge in [0.2, 0.25) is 0 Å². The van der Waals surface area contributed by atoms with Gasteiger partial charge in [-0.25, -0.2) is 4.79 Å². The van der Waals surface area contributed by atoms with E-state index in [1.807, 2.05) is 0 Å². The standard InChI is InChI=1S/C29H42O10/c1-8-9-10-11-12-33-23(30)20-13-21(38-24(31)28(6)16-34-26(2,3)35-17-28)15-22(14-20)39-25(32)29(7)18-36-27(4,5)37-19-29/h13-15H,8-12,16-19H2,1-7H3. The minimum Gasteiger partial charge on any atom is -0.462 e. The number of hydrogen-bond donors (Lipinski definition) is 0. The first-order valence-corrected chi connectivity index (χ1v) is 13.5. The highest BCUT2D eigenvalue weighted by atomic mass is 16.7. The van der Waals surface area contributed by atoms with E-state index in [-0.39, 0.29) is 50.1 Å². The first-order valence-electron chi connectivity index (χ1n) is 13.5. The van der Waals surface area contributed by atoms with E-state index < -0.39 is 40.3 Å². The minimum absolute atomic E-state index is 0.0247. The molecular weight excluding hydrogens is 508 g/mol. The molecule has 0 amide bonds. The largest absolute Gasteiger partial charge is 0.462 e. The third kappa shape index (κ3) is 8.48. The zero-order chi connectivity index (χ0) is 28.9. The molecule has 0 radical (unpaired) electrons. The quantitative estimate of drug-likeness (QED) is 0.228. The third-order valence-electron chi connectivity index (χ3n) is 6.71. The van der Waals surface area contributed by atoms with Crippen molar-refractivity contribution >= 4 is 17.9 Å². The number of carbonyl (C=O) groups is 3. The van der Waals surface area contributed by atoms with Gasteiger partial charge >= 0.3 is 17.9 Å². The highest BCUT2D eigenvalue weighted by Gasteiger charge is 2.45. The summed E-state index contributed by atoms with van der Waals surface area (Å²) in [5.74, 6) is -3.39. The molecule has 0 aliphatic carbocycles. The van der Waals surface area contributed by atoms with E-state index in [1.165, 1.54) is 18.2 Å². The Hall–Kier alpha value is -2.53. The van der Waals surface area contributed by atoms with E-state index >= 15 is 0 Å². The lowest BCUT2D eigenvalue weighted by atomic mass is 9.91. The molecule has 1 aromatic carbocycles. The Balaban J connectivity index is 1.78. The van der Waals surface area contributed by atoms with E-state index in [9.17, 15) is 14.4 Å². The summed E-state index contributed by atoms with van der Waals surface area (Å²) in [6.45, 7) is 13.1. The van der Waals surface area contributed by atoms with Gasteiger partial charge in [0.1, 0.15) is 22.3 Å². The minimum atomic E-state index is -1.07. The normalized spacial score (nSPS) is 21.0. The molecular formula is C29H42O10. The van der Waals surface area contributed by atoms with E-state index in [0.717, 1.165) is 25.7 Å². The fraction of sp³-hybridized carbons (Fsp3) is 0.690. The van der Waals surface area contributed by atoms with Crippen molar-refractivity contribution in [1.82, 2.24) is 0 Å². The van der Waals surface area contributed by atoms with E-state index in [1.54, 1.807) is 41.5 Å². The fourth-order valence-corrected chi connectivity index (χ4v) is 3.78.